The Balaban J connectivity index is 2.10. The highest BCUT2D eigenvalue weighted by Gasteiger charge is 2.11. The number of hydrogen-bond acceptors (Lipinski definition) is 3. The van der Waals surface area contributed by atoms with Crippen molar-refractivity contribution in [3.63, 3.8) is 0 Å². The second-order valence-electron chi connectivity index (χ2n) is 5.65. The van der Waals surface area contributed by atoms with Gasteiger partial charge in [-0.2, -0.15) is 0 Å². The lowest BCUT2D eigenvalue weighted by Gasteiger charge is -2.18. The van der Waals surface area contributed by atoms with Crippen molar-refractivity contribution in [3.8, 4) is 5.75 Å². The van der Waals surface area contributed by atoms with E-state index in [4.69, 9.17) is 10.6 Å². The SMILES string of the molecule is Cc1cccc(CC(NN)c2ccc(OC(C)C)cc2)c1. The van der Waals surface area contributed by atoms with E-state index < -0.39 is 0 Å². The van der Waals surface area contributed by atoms with Crippen LogP contribution in [0.3, 0.4) is 0 Å². The van der Waals surface area contributed by atoms with Gasteiger partial charge in [-0.25, -0.2) is 0 Å². The van der Waals surface area contributed by atoms with Gasteiger partial charge in [-0.3, -0.25) is 11.3 Å². The number of ether oxygens (including phenoxy) is 1. The first-order valence-corrected chi connectivity index (χ1v) is 7.37. The third-order valence-corrected chi connectivity index (χ3v) is 3.38. The Morgan fingerprint density at radius 3 is 2.38 bits per heavy atom. The van der Waals surface area contributed by atoms with Crippen LogP contribution >= 0.6 is 0 Å². The van der Waals surface area contributed by atoms with E-state index in [0.29, 0.717) is 0 Å². The molecule has 1 atom stereocenters. The molecule has 112 valence electrons. The van der Waals surface area contributed by atoms with Crippen molar-refractivity contribution >= 4 is 0 Å². The molecule has 0 aliphatic rings. The maximum atomic E-state index is 5.73. The van der Waals surface area contributed by atoms with E-state index in [1.54, 1.807) is 0 Å². The smallest absolute Gasteiger partial charge is 0.119 e. The molecule has 0 heterocycles. The van der Waals surface area contributed by atoms with E-state index in [2.05, 4.69) is 48.7 Å². The summed E-state index contributed by atoms with van der Waals surface area (Å²) < 4.78 is 5.66. The quantitative estimate of drug-likeness (QED) is 0.630. The van der Waals surface area contributed by atoms with Crippen LogP contribution in [-0.2, 0) is 6.42 Å². The Morgan fingerprint density at radius 2 is 1.81 bits per heavy atom. The lowest BCUT2D eigenvalue weighted by Crippen LogP contribution is -2.29. The Kier molecular flexibility index (Phi) is 5.37. The fraction of sp³-hybridized carbons (Fsp3) is 0.333. The second kappa shape index (κ2) is 7.25. The third-order valence-electron chi connectivity index (χ3n) is 3.38. The molecule has 0 spiro atoms. The van der Waals surface area contributed by atoms with Gasteiger partial charge in [-0.15, -0.1) is 0 Å². The van der Waals surface area contributed by atoms with Crippen LogP contribution in [0.1, 0.15) is 36.6 Å². The molecule has 2 aromatic carbocycles. The molecule has 3 nitrogen and oxygen atoms in total. The fourth-order valence-corrected chi connectivity index (χ4v) is 2.40. The first kappa shape index (κ1) is 15.5. The highest BCUT2D eigenvalue weighted by Crippen LogP contribution is 2.21. The Labute approximate surface area is 127 Å². The van der Waals surface area contributed by atoms with Crippen molar-refractivity contribution in [1.82, 2.24) is 5.43 Å². The van der Waals surface area contributed by atoms with E-state index in [9.17, 15) is 0 Å². The molecule has 0 aliphatic carbocycles. The maximum Gasteiger partial charge on any atom is 0.119 e. The van der Waals surface area contributed by atoms with Crippen LogP contribution in [0.15, 0.2) is 48.5 Å². The largest absolute Gasteiger partial charge is 0.491 e. The number of hydrazine groups is 1. The zero-order valence-corrected chi connectivity index (χ0v) is 13.0. The van der Waals surface area contributed by atoms with Gasteiger partial charge in [0.25, 0.3) is 0 Å². The molecule has 0 aliphatic heterocycles. The molecule has 3 heteroatoms. The van der Waals surface area contributed by atoms with Gasteiger partial charge < -0.3 is 4.74 Å². The summed E-state index contributed by atoms with van der Waals surface area (Å²) in [4.78, 5) is 0. The van der Waals surface area contributed by atoms with Crippen LogP contribution < -0.4 is 16.0 Å². The molecule has 3 N–H and O–H groups in total. The average molecular weight is 284 g/mol. The topological polar surface area (TPSA) is 47.3 Å². The van der Waals surface area contributed by atoms with E-state index in [1.165, 1.54) is 11.1 Å². The van der Waals surface area contributed by atoms with Crippen LogP contribution in [0, 0.1) is 6.92 Å². The van der Waals surface area contributed by atoms with Gasteiger partial charge in [0.1, 0.15) is 5.75 Å². The standard InChI is InChI=1S/C18H24N2O/c1-13(2)21-17-9-7-16(8-10-17)18(20-19)12-15-6-4-5-14(3)11-15/h4-11,13,18,20H,12,19H2,1-3H3. The van der Waals surface area contributed by atoms with Crippen LogP contribution in [0.5, 0.6) is 5.75 Å². The van der Waals surface area contributed by atoms with Gasteiger partial charge in [-0.05, 0) is 50.5 Å². The van der Waals surface area contributed by atoms with E-state index in [0.717, 1.165) is 17.7 Å². The zero-order valence-electron chi connectivity index (χ0n) is 13.0. The van der Waals surface area contributed by atoms with Crippen molar-refractivity contribution in [3.05, 3.63) is 65.2 Å². The Morgan fingerprint density at radius 1 is 1.10 bits per heavy atom. The van der Waals surface area contributed by atoms with E-state index in [1.807, 2.05) is 26.0 Å². The number of hydrogen-bond donors (Lipinski definition) is 2. The highest BCUT2D eigenvalue weighted by molar-refractivity contribution is 5.31. The molecular weight excluding hydrogens is 260 g/mol. The Hall–Kier alpha value is -1.84. The van der Waals surface area contributed by atoms with Crippen molar-refractivity contribution in [2.24, 2.45) is 5.84 Å². The summed E-state index contributed by atoms with van der Waals surface area (Å²) in [5.74, 6) is 6.62. The van der Waals surface area contributed by atoms with Crippen LogP contribution in [0.4, 0.5) is 0 Å². The Bertz CT molecular complexity index is 564. The summed E-state index contributed by atoms with van der Waals surface area (Å²) in [6.45, 7) is 6.15. The molecule has 2 rings (SSSR count). The summed E-state index contributed by atoms with van der Waals surface area (Å²) >= 11 is 0. The minimum Gasteiger partial charge on any atom is -0.491 e. The lowest BCUT2D eigenvalue weighted by molar-refractivity contribution is 0.242. The fourth-order valence-electron chi connectivity index (χ4n) is 2.40. The molecule has 0 aromatic heterocycles. The molecule has 0 radical (unpaired) electrons. The molecule has 0 saturated heterocycles. The van der Waals surface area contributed by atoms with Crippen molar-refractivity contribution in [1.29, 1.82) is 0 Å². The summed E-state index contributed by atoms with van der Waals surface area (Å²) in [7, 11) is 0. The van der Waals surface area contributed by atoms with Crippen molar-refractivity contribution < 1.29 is 4.74 Å². The predicted molar refractivity (Wildman–Crippen MR) is 87.2 cm³/mol. The monoisotopic (exact) mass is 284 g/mol. The predicted octanol–water partition coefficient (Wildman–Crippen LogP) is 3.53. The van der Waals surface area contributed by atoms with Crippen LogP contribution in [-0.4, -0.2) is 6.10 Å². The van der Waals surface area contributed by atoms with Gasteiger partial charge >= 0.3 is 0 Å². The highest BCUT2D eigenvalue weighted by atomic mass is 16.5. The first-order chi connectivity index (χ1) is 10.1. The number of rotatable bonds is 6. The summed E-state index contributed by atoms with van der Waals surface area (Å²) in [5.41, 5.74) is 6.61. The summed E-state index contributed by atoms with van der Waals surface area (Å²) in [6.07, 6.45) is 1.05. The van der Waals surface area contributed by atoms with Crippen LogP contribution in [0.2, 0.25) is 0 Å². The number of aryl methyl sites for hydroxylation is 1. The first-order valence-electron chi connectivity index (χ1n) is 7.37. The minimum absolute atomic E-state index is 0.0971. The lowest BCUT2D eigenvalue weighted by atomic mass is 9.98. The molecule has 0 bridgehead atoms. The molecule has 0 amide bonds. The minimum atomic E-state index is 0.0971. The molecule has 0 fully saturated rings. The normalized spacial score (nSPS) is 12.4. The number of nitrogens with two attached hydrogens (primary N) is 1. The third kappa shape index (κ3) is 4.59. The van der Waals surface area contributed by atoms with Gasteiger partial charge in [0.15, 0.2) is 0 Å². The van der Waals surface area contributed by atoms with E-state index >= 15 is 0 Å². The van der Waals surface area contributed by atoms with Crippen molar-refractivity contribution in [2.45, 2.75) is 39.3 Å². The maximum absolute atomic E-state index is 5.73. The summed E-state index contributed by atoms with van der Waals surface area (Å²) in [6, 6.07) is 16.7. The molecule has 2 aromatic rings. The average Bonchev–Trinajstić information content (AvgIpc) is 2.45. The van der Waals surface area contributed by atoms with Gasteiger partial charge in [0.05, 0.1) is 6.10 Å². The van der Waals surface area contributed by atoms with E-state index in [-0.39, 0.29) is 12.1 Å². The molecule has 0 saturated carbocycles. The second-order valence-corrected chi connectivity index (χ2v) is 5.65. The number of benzene rings is 2. The molecule has 1 unspecified atom stereocenters. The van der Waals surface area contributed by atoms with Gasteiger partial charge in [-0.1, -0.05) is 42.0 Å². The number of nitrogens with one attached hydrogen (secondary N) is 1. The zero-order chi connectivity index (χ0) is 15.2. The van der Waals surface area contributed by atoms with Crippen molar-refractivity contribution in [2.75, 3.05) is 0 Å². The summed E-state index contributed by atoms with van der Waals surface area (Å²) in [5, 5.41) is 0. The van der Waals surface area contributed by atoms with Gasteiger partial charge in [0.2, 0.25) is 0 Å². The van der Waals surface area contributed by atoms with Gasteiger partial charge in [0, 0.05) is 6.04 Å². The van der Waals surface area contributed by atoms with Crippen LogP contribution in [0.25, 0.3) is 0 Å². The molecule has 21 heavy (non-hydrogen) atoms. The molecular formula is C18H24N2O.